The van der Waals surface area contributed by atoms with Crippen LogP contribution in [0.3, 0.4) is 0 Å². The molecule has 0 bridgehead atoms. The molecule has 13 heavy (non-hydrogen) atoms. The van der Waals surface area contributed by atoms with Crippen LogP contribution in [0.1, 0.15) is 36.6 Å². The highest BCUT2D eigenvalue weighted by molar-refractivity contribution is 5.26. The van der Waals surface area contributed by atoms with E-state index in [4.69, 9.17) is 5.73 Å². The molecule has 2 aliphatic carbocycles. The molecule has 0 aromatic carbocycles. The van der Waals surface area contributed by atoms with Gasteiger partial charge in [0.25, 0.3) is 0 Å². The van der Waals surface area contributed by atoms with Crippen molar-refractivity contribution in [3.8, 4) is 0 Å². The Morgan fingerprint density at radius 1 is 1.46 bits per heavy atom. The third kappa shape index (κ3) is 1.18. The first kappa shape index (κ1) is 7.56. The van der Waals surface area contributed by atoms with Gasteiger partial charge in [-0.1, -0.05) is 0 Å². The van der Waals surface area contributed by atoms with E-state index in [2.05, 4.69) is 9.78 Å². The molecular formula is C10H15N3. The summed E-state index contributed by atoms with van der Waals surface area (Å²) >= 11 is 0. The highest BCUT2D eigenvalue weighted by Crippen LogP contribution is 2.34. The highest BCUT2D eigenvalue weighted by atomic mass is 15.3. The number of fused-ring (bicyclic) bond motifs is 1. The average molecular weight is 177 g/mol. The van der Waals surface area contributed by atoms with Crippen molar-refractivity contribution in [2.75, 3.05) is 0 Å². The summed E-state index contributed by atoms with van der Waals surface area (Å²) in [6.45, 7) is 1.13. The zero-order valence-electron chi connectivity index (χ0n) is 7.74. The molecule has 2 aliphatic rings. The Hall–Kier alpha value is -0.830. The Labute approximate surface area is 77.9 Å². The first-order chi connectivity index (χ1) is 6.34. The molecule has 1 fully saturated rings. The minimum Gasteiger partial charge on any atom is -0.324 e. The lowest BCUT2D eigenvalue weighted by Gasteiger charge is -2.02. The van der Waals surface area contributed by atoms with Gasteiger partial charge in [-0.25, -0.2) is 0 Å². The molecule has 0 radical (unpaired) electrons. The van der Waals surface area contributed by atoms with Gasteiger partial charge in [0.2, 0.25) is 0 Å². The number of hydrogen-bond acceptors (Lipinski definition) is 2. The van der Waals surface area contributed by atoms with Crippen LogP contribution < -0.4 is 5.73 Å². The van der Waals surface area contributed by atoms with Crippen molar-refractivity contribution in [2.24, 2.45) is 11.7 Å². The maximum Gasteiger partial charge on any atom is 0.0540 e. The number of nitrogens with zero attached hydrogens (tertiary/aromatic N) is 2. The molecule has 1 atom stereocenters. The molecule has 1 aromatic heterocycles. The van der Waals surface area contributed by atoms with Crippen LogP contribution in [-0.2, 0) is 13.0 Å². The first-order valence-electron chi connectivity index (χ1n) is 5.15. The summed E-state index contributed by atoms with van der Waals surface area (Å²) in [5.41, 5.74) is 8.65. The molecule has 0 aliphatic heterocycles. The highest BCUT2D eigenvalue weighted by Gasteiger charge is 2.27. The van der Waals surface area contributed by atoms with E-state index >= 15 is 0 Å². The van der Waals surface area contributed by atoms with Gasteiger partial charge in [-0.2, -0.15) is 5.10 Å². The topological polar surface area (TPSA) is 43.8 Å². The largest absolute Gasteiger partial charge is 0.324 e. The minimum absolute atomic E-state index is 0.253. The maximum absolute atomic E-state index is 5.95. The molecule has 0 saturated heterocycles. The molecule has 2 N–H and O–H groups in total. The molecule has 1 aromatic rings. The zero-order chi connectivity index (χ0) is 8.84. The Balaban J connectivity index is 1.89. The summed E-state index contributed by atoms with van der Waals surface area (Å²) in [6.07, 6.45) is 6.98. The molecular weight excluding hydrogens is 162 g/mol. The van der Waals surface area contributed by atoms with Crippen molar-refractivity contribution in [2.45, 2.75) is 38.3 Å². The van der Waals surface area contributed by atoms with E-state index < -0.39 is 0 Å². The average Bonchev–Trinajstić information content (AvgIpc) is 2.72. The van der Waals surface area contributed by atoms with E-state index in [1.807, 2.05) is 6.20 Å². The molecule has 3 heteroatoms. The summed E-state index contributed by atoms with van der Waals surface area (Å²) in [4.78, 5) is 0. The fourth-order valence-corrected chi connectivity index (χ4v) is 2.16. The fraction of sp³-hybridized carbons (Fsp3) is 0.700. The van der Waals surface area contributed by atoms with Crippen molar-refractivity contribution >= 4 is 0 Å². The summed E-state index contributed by atoms with van der Waals surface area (Å²) in [7, 11) is 0. The first-order valence-corrected chi connectivity index (χ1v) is 5.15. The van der Waals surface area contributed by atoms with Gasteiger partial charge in [-0.05, 0) is 31.6 Å². The summed E-state index contributed by atoms with van der Waals surface area (Å²) < 4.78 is 2.18. The van der Waals surface area contributed by atoms with E-state index in [9.17, 15) is 0 Å². The van der Waals surface area contributed by atoms with Gasteiger partial charge in [0.1, 0.15) is 0 Å². The molecule has 1 saturated carbocycles. The molecule has 3 rings (SSSR count). The minimum atomic E-state index is 0.253. The van der Waals surface area contributed by atoms with E-state index in [0.29, 0.717) is 0 Å². The van der Waals surface area contributed by atoms with Gasteiger partial charge < -0.3 is 5.73 Å². The molecule has 0 spiro atoms. The monoisotopic (exact) mass is 177 g/mol. The standard InChI is InChI=1S/C10H15N3/c11-9-3-4-10-8(9)5-12-13(10)6-7-1-2-7/h5,7,9H,1-4,6,11H2/t9-/m1/s1. The lowest BCUT2D eigenvalue weighted by Crippen LogP contribution is -2.05. The Morgan fingerprint density at radius 2 is 2.31 bits per heavy atom. The fourth-order valence-electron chi connectivity index (χ4n) is 2.16. The lowest BCUT2D eigenvalue weighted by molar-refractivity contribution is 0.538. The van der Waals surface area contributed by atoms with Gasteiger partial charge in [-0.15, -0.1) is 0 Å². The van der Waals surface area contributed by atoms with E-state index in [-0.39, 0.29) is 6.04 Å². The molecule has 3 nitrogen and oxygen atoms in total. The van der Waals surface area contributed by atoms with Gasteiger partial charge in [0.05, 0.1) is 6.20 Å². The molecule has 0 amide bonds. The van der Waals surface area contributed by atoms with E-state index in [0.717, 1.165) is 25.3 Å². The zero-order valence-corrected chi connectivity index (χ0v) is 7.74. The van der Waals surface area contributed by atoms with Gasteiger partial charge in [0, 0.05) is 23.8 Å². The van der Waals surface area contributed by atoms with Crippen molar-refractivity contribution in [1.29, 1.82) is 0 Å². The molecule has 0 unspecified atom stereocenters. The van der Waals surface area contributed by atoms with Crippen LogP contribution in [0.2, 0.25) is 0 Å². The van der Waals surface area contributed by atoms with Crippen LogP contribution in [-0.4, -0.2) is 9.78 Å². The predicted molar refractivity (Wildman–Crippen MR) is 50.2 cm³/mol. The Morgan fingerprint density at radius 3 is 3.08 bits per heavy atom. The quantitative estimate of drug-likeness (QED) is 0.738. The number of nitrogens with two attached hydrogens (primary N) is 1. The predicted octanol–water partition coefficient (Wildman–Crippen LogP) is 1.24. The van der Waals surface area contributed by atoms with E-state index in [1.165, 1.54) is 24.1 Å². The normalized spacial score (nSPS) is 26.4. The van der Waals surface area contributed by atoms with Crippen LogP contribution in [0.25, 0.3) is 0 Å². The summed E-state index contributed by atoms with van der Waals surface area (Å²) in [5.74, 6) is 0.904. The van der Waals surface area contributed by atoms with Gasteiger partial charge in [-0.3, -0.25) is 4.68 Å². The SMILES string of the molecule is N[C@@H]1CCc2c1cnn2CC1CC1. The van der Waals surface area contributed by atoms with Gasteiger partial charge >= 0.3 is 0 Å². The Kier molecular flexibility index (Phi) is 1.50. The second kappa shape index (κ2) is 2.58. The number of hydrogen-bond donors (Lipinski definition) is 1. The number of aromatic nitrogens is 2. The van der Waals surface area contributed by atoms with Crippen molar-refractivity contribution in [3.63, 3.8) is 0 Å². The van der Waals surface area contributed by atoms with Crippen LogP contribution in [0.4, 0.5) is 0 Å². The van der Waals surface area contributed by atoms with Crippen LogP contribution in [0, 0.1) is 5.92 Å². The summed E-state index contributed by atoms with van der Waals surface area (Å²) in [6, 6.07) is 0.253. The second-order valence-corrected chi connectivity index (χ2v) is 4.32. The Bertz CT molecular complexity index is 325. The van der Waals surface area contributed by atoms with Crippen molar-refractivity contribution in [3.05, 3.63) is 17.5 Å². The number of rotatable bonds is 2. The maximum atomic E-state index is 5.95. The van der Waals surface area contributed by atoms with Crippen LogP contribution in [0.5, 0.6) is 0 Å². The van der Waals surface area contributed by atoms with Crippen molar-refractivity contribution < 1.29 is 0 Å². The second-order valence-electron chi connectivity index (χ2n) is 4.32. The summed E-state index contributed by atoms with van der Waals surface area (Å²) in [5, 5.41) is 4.41. The van der Waals surface area contributed by atoms with Crippen LogP contribution in [0.15, 0.2) is 6.20 Å². The smallest absolute Gasteiger partial charge is 0.0540 e. The third-order valence-electron chi connectivity index (χ3n) is 3.20. The molecule has 70 valence electrons. The lowest BCUT2D eigenvalue weighted by atomic mass is 10.2. The van der Waals surface area contributed by atoms with Crippen LogP contribution >= 0.6 is 0 Å². The van der Waals surface area contributed by atoms with Crippen molar-refractivity contribution in [1.82, 2.24) is 9.78 Å². The molecule has 1 heterocycles. The van der Waals surface area contributed by atoms with E-state index in [1.54, 1.807) is 0 Å². The third-order valence-corrected chi connectivity index (χ3v) is 3.20. The van der Waals surface area contributed by atoms with Gasteiger partial charge in [0.15, 0.2) is 0 Å².